The van der Waals surface area contributed by atoms with Crippen LogP contribution in [0.4, 0.5) is 0 Å². The van der Waals surface area contributed by atoms with E-state index in [4.69, 9.17) is 13.7 Å². The molecule has 4 rings (SSSR count). The molecule has 3 aromatic rings. The molecule has 1 aliphatic carbocycles. The molecule has 1 saturated carbocycles. The molecule has 1 aliphatic rings. The number of methoxy groups -OCH3 is 2. The second-order valence-electron chi connectivity index (χ2n) is 9.02. The lowest BCUT2D eigenvalue weighted by Crippen LogP contribution is -2.31. The molecule has 0 spiro atoms. The minimum atomic E-state index is -3.93. The van der Waals surface area contributed by atoms with Crippen LogP contribution in [0.2, 0.25) is 0 Å². The van der Waals surface area contributed by atoms with Crippen molar-refractivity contribution < 1.29 is 30.5 Å². The van der Waals surface area contributed by atoms with E-state index in [2.05, 4.69) is 5.10 Å². The molecule has 0 saturated heterocycles. The second kappa shape index (κ2) is 11.7. The molecule has 1 aromatic heterocycles. The van der Waals surface area contributed by atoms with Crippen molar-refractivity contribution in [3.8, 4) is 11.5 Å². The maximum Gasteiger partial charge on any atom is 0.264 e. The molecular formula is C26H31N3O7S2. The van der Waals surface area contributed by atoms with E-state index < -0.39 is 20.1 Å². The first-order valence-corrected chi connectivity index (χ1v) is 15.2. The van der Waals surface area contributed by atoms with Crippen molar-refractivity contribution in [3.63, 3.8) is 0 Å². The first-order valence-electron chi connectivity index (χ1n) is 11.9. The summed E-state index contributed by atoms with van der Waals surface area (Å²) in [7, 11) is -4.26. The standard InChI is InChI=1S/C26H31N3O7S2/c1-34-24-8-4-20(5-9-24)18-28(19-21-6-10-25(35-2)11-7-21)38(32,33)26-12-14-29(27-26)23-16-22(17-23)13-15-36-37(3,30)31/h4-14,23H,15-19H2,1-3H3. The molecule has 0 bridgehead atoms. The molecule has 0 atom stereocenters. The molecule has 0 amide bonds. The molecule has 2 aromatic carbocycles. The van der Waals surface area contributed by atoms with Gasteiger partial charge in [-0.2, -0.15) is 17.8 Å². The number of aromatic nitrogens is 2. The Morgan fingerprint density at radius 3 is 1.89 bits per heavy atom. The van der Waals surface area contributed by atoms with Crippen molar-refractivity contribution in [2.45, 2.75) is 37.0 Å². The summed E-state index contributed by atoms with van der Waals surface area (Å²) in [5.74, 6) is 1.38. The number of ether oxygens (including phenoxy) is 2. The van der Waals surface area contributed by atoms with Crippen molar-refractivity contribution in [1.82, 2.24) is 14.1 Å². The highest BCUT2D eigenvalue weighted by Crippen LogP contribution is 2.37. The molecular weight excluding hydrogens is 530 g/mol. The smallest absolute Gasteiger partial charge is 0.264 e. The van der Waals surface area contributed by atoms with Gasteiger partial charge in [0, 0.05) is 19.3 Å². The van der Waals surface area contributed by atoms with Gasteiger partial charge in [-0.05, 0) is 54.3 Å². The first kappa shape index (κ1) is 27.8. The van der Waals surface area contributed by atoms with Gasteiger partial charge >= 0.3 is 0 Å². The summed E-state index contributed by atoms with van der Waals surface area (Å²) in [6.45, 7) is 0.301. The second-order valence-corrected chi connectivity index (χ2v) is 12.5. The van der Waals surface area contributed by atoms with Crippen LogP contribution in [0, 0.1) is 0 Å². The maximum atomic E-state index is 13.7. The van der Waals surface area contributed by atoms with E-state index in [-0.39, 0.29) is 30.8 Å². The van der Waals surface area contributed by atoms with Crippen LogP contribution in [-0.4, -0.2) is 58.0 Å². The van der Waals surface area contributed by atoms with Crippen LogP contribution in [0.25, 0.3) is 0 Å². The third kappa shape index (κ3) is 7.01. The average molecular weight is 562 g/mol. The molecule has 10 nitrogen and oxygen atoms in total. The van der Waals surface area contributed by atoms with E-state index >= 15 is 0 Å². The molecule has 0 radical (unpaired) electrons. The fraction of sp³-hybridized carbons (Fsp3) is 0.346. The monoisotopic (exact) mass is 561 g/mol. The van der Waals surface area contributed by atoms with E-state index in [0.29, 0.717) is 24.3 Å². The van der Waals surface area contributed by atoms with Gasteiger partial charge in [0.1, 0.15) is 11.5 Å². The van der Waals surface area contributed by atoms with E-state index in [9.17, 15) is 16.8 Å². The minimum absolute atomic E-state index is 0.0000556. The Labute approximate surface area is 223 Å². The summed E-state index contributed by atoms with van der Waals surface area (Å²) in [5.41, 5.74) is 2.67. The predicted octanol–water partition coefficient (Wildman–Crippen LogP) is 3.53. The summed E-state index contributed by atoms with van der Waals surface area (Å²) >= 11 is 0. The van der Waals surface area contributed by atoms with E-state index in [1.165, 1.54) is 10.4 Å². The van der Waals surface area contributed by atoms with Gasteiger partial charge in [-0.3, -0.25) is 8.86 Å². The zero-order chi connectivity index (χ0) is 27.3. The predicted molar refractivity (Wildman–Crippen MR) is 142 cm³/mol. The summed E-state index contributed by atoms with van der Waals surface area (Å²) in [6.07, 6.45) is 5.71. The number of rotatable bonds is 12. The van der Waals surface area contributed by atoms with E-state index in [0.717, 1.165) is 23.0 Å². The summed E-state index contributed by atoms with van der Waals surface area (Å²) < 4.78 is 67.9. The molecule has 38 heavy (non-hydrogen) atoms. The largest absolute Gasteiger partial charge is 0.497 e. The van der Waals surface area contributed by atoms with Gasteiger partial charge in [-0.1, -0.05) is 35.9 Å². The van der Waals surface area contributed by atoms with Gasteiger partial charge in [0.2, 0.25) is 0 Å². The number of benzene rings is 2. The fourth-order valence-corrected chi connectivity index (χ4v) is 5.71. The summed E-state index contributed by atoms with van der Waals surface area (Å²) in [4.78, 5) is 0. The van der Waals surface area contributed by atoms with E-state index in [1.54, 1.807) is 55.4 Å². The molecule has 0 aliphatic heterocycles. The normalized spacial score (nSPS) is 15.8. The number of nitrogens with zero attached hydrogens (tertiary/aromatic N) is 3. The third-order valence-electron chi connectivity index (χ3n) is 6.25. The van der Waals surface area contributed by atoms with Crippen LogP contribution in [0.1, 0.15) is 30.0 Å². The van der Waals surface area contributed by atoms with Gasteiger partial charge in [0.25, 0.3) is 20.1 Å². The molecule has 0 unspecified atom stereocenters. The van der Waals surface area contributed by atoms with Crippen LogP contribution >= 0.6 is 0 Å². The number of allylic oxidation sites excluding steroid dienone is 1. The average Bonchev–Trinajstić information content (AvgIpc) is 3.36. The van der Waals surface area contributed by atoms with Gasteiger partial charge < -0.3 is 9.47 Å². The Hall–Kier alpha value is -3.19. The highest BCUT2D eigenvalue weighted by molar-refractivity contribution is 7.89. The number of sulfonamides is 1. The molecule has 1 heterocycles. The summed E-state index contributed by atoms with van der Waals surface area (Å²) in [5, 5.41) is 4.38. The highest BCUT2D eigenvalue weighted by Gasteiger charge is 2.30. The van der Waals surface area contributed by atoms with Crippen LogP contribution in [-0.2, 0) is 37.4 Å². The minimum Gasteiger partial charge on any atom is -0.497 e. The Bertz CT molecular complexity index is 1420. The lowest BCUT2D eigenvalue weighted by Gasteiger charge is -2.29. The Morgan fingerprint density at radius 2 is 1.42 bits per heavy atom. The maximum absolute atomic E-state index is 13.7. The van der Waals surface area contributed by atoms with E-state index in [1.807, 2.05) is 24.3 Å². The number of hydrogen-bond acceptors (Lipinski definition) is 8. The van der Waals surface area contributed by atoms with Crippen LogP contribution < -0.4 is 9.47 Å². The van der Waals surface area contributed by atoms with Crippen molar-refractivity contribution in [1.29, 1.82) is 0 Å². The summed E-state index contributed by atoms with van der Waals surface area (Å²) in [6, 6.07) is 16.0. The SMILES string of the molecule is COc1ccc(CN(Cc2ccc(OC)cc2)S(=O)(=O)c2ccn(C3CC(=CCOS(C)(=O)=O)C3)n2)cc1. The molecule has 0 N–H and O–H groups in total. The zero-order valence-corrected chi connectivity index (χ0v) is 23.1. The van der Waals surface area contributed by atoms with Crippen molar-refractivity contribution in [2.75, 3.05) is 27.1 Å². The lowest BCUT2D eigenvalue weighted by atomic mass is 9.86. The van der Waals surface area contributed by atoms with Crippen molar-refractivity contribution in [3.05, 3.63) is 83.6 Å². The number of hydrogen-bond donors (Lipinski definition) is 0. The Morgan fingerprint density at radius 1 is 0.895 bits per heavy atom. The third-order valence-corrected chi connectivity index (χ3v) is 8.50. The Balaban J connectivity index is 1.51. The van der Waals surface area contributed by atoms with Crippen LogP contribution in [0.3, 0.4) is 0 Å². The van der Waals surface area contributed by atoms with Crippen molar-refractivity contribution >= 4 is 20.1 Å². The van der Waals surface area contributed by atoms with Crippen LogP contribution in [0.15, 0.2) is 77.5 Å². The quantitative estimate of drug-likeness (QED) is 0.244. The zero-order valence-electron chi connectivity index (χ0n) is 21.5. The van der Waals surface area contributed by atoms with Gasteiger partial charge in [0.15, 0.2) is 5.03 Å². The van der Waals surface area contributed by atoms with Gasteiger partial charge in [-0.25, -0.2) is 8.42 Å². The Kier molecular flexibility index (Phi) is 8.56. The topological polar surface area (TPSA) is 117 Å². The van der Waals surface area contributed by atoms with Gasteiger partial charge in [0.05, 0.1) is 33.1 Å². The van der Waals surface area contributed by atoms with Crippen molar-refractivity contribution in [2.24, 2.45) is 0 Å². The van der Waals surface area contributed by atoms with Crippen LogP contribution in [0.5, 0.6) is 11.5 Å². The lowest BCUT2D eigenvalue weighted by molar-refractivity contribution is 0.341. The van der Waals surface area contributed by atoms with Gasteiger partial charge in [-0.15, -0.1) is 0 Å². The molecule has 12 heteroatoms. The molecule has 204 valence electrons. The molecule has 1 fully saturated rings. The first-order chi connectivity index (χ1) is 18.1. The fourth-order valence-electron chi connectivity index (χ4n) is 4.06. The highest BCUT2D eigenvalue weighted by atomic mass is 32.2.